The Morgan fingerprint density at radius 3 is 2.24 bits per heavy atom. The molecule has 0 spiro atoms. The zero-order chi connectivity index (χ0) is 28.7. The van der Waals surface area contributed by atoms with Crippen LogP contribution in [-0.4, -0.2) is 38.0 Å². The lowest BCUT2D eigenvalue weighted by Gasteiger charge is -2.13. The van der Waals surface area contributed by atoms with Crippen LogP contribution in [0, 0.1) is 10.1 Å². The van der Waals surface area contributed by atoms with Crippen LogP contribution in [0.4, 0.5) is 5.69 Å². The van der Waals surface area contributed by atoms with E-state index in [2.05, 4.69) is 15.0 Å². The molecule has 0 unspecified atom stereocenters. The molecule has 2 N–H and O–H groups in total. The number of non-ortho nitro benzene ring substituents is 1. The van der Waals surface area contributed by atoms with E-state index in [1.54, 1.807) is 30.6 Å². The van der Waals surface area contributed by atoms with Gasteiger partial charge in [-0.2, -0.15) is 0 Å². The maximum Gasteiger partial charge on any atom is 0.270 e. The first kappa shape index (κ1) is 28.1. The Hall–Kier alpha value is -4.44. The summed E-state index contributed by atoms with van der Waals surface area (Å²) in [7, 11) is -3.77. The first-order chi connectivity index (χ1) is 19.9. The summed E-state index contributed by atoms with van der Waals surface area (Å²) < 4.78 is 29.4. The van der Waals surface area contributed by atoms with Crippen LogP contribution in [0.5, 0.6) is 0 Å². The number of pyridine rings is 1. The first-order valence-electron chi connectivity index (χ1n) is 13.4. The number of sulfonamides is 1. The Balaban J connectivity index is 1.19. The van der Waals surface area contributed by atoms with E-state index >= 15 is 0 Å². The normalized spacial score (nSPS) is 11.5. The number of rotatable bonds is 12. The molecule has 5 aromatic rings. The second-order valence-corrected chi connectivity index (χ2v) is 11.4. The standard InChI is InChI=1S/C32H30N4O4S/c37-36(38)29-14-13-26(31(22-29)25-10-5-2-6-11-25)12-7-16-33-18-19-35-41(39,40)32-21-27(24-8-3-1-4-9-24)20-28-23-34-17-15-30(28)32/h1-6,8-11,13-15,17,20-23,33,35H,7,12,16,18-19H2. The molecule has 0 aliphatic heterocycles. The SMILES string of the molecule is O=[N+]([O-])c1ccc(CCCNCCNS(=O)(=O)c2cc(-c3ccccc3)cc3cnccc23)c(-c2ccccc2)c1. The zero-order valence-corrected chi connectivity index (χ0v) is 23.2. The van der Waals surface area contributed by atoms with Crippen molar-refractivity contribution in [3.8, 4) is 22.3 Å². The fourth-order valence-corrected chi connectivity index (χ4v) is 6.14. The van der Waals surface area contributed by atoms with Crippen LogP contribution in [-0.2, 0) is 16.4 Å². The van der Waals surface area contributed by atoms with Crippen LogP contribution in [0.15, 0.2) is 114 Å². The number of aryl methyl sites for hydroxylation is 1. The maximum absolute atomic E-state index is 13.3. The van der Waals surface area contributed by atoms with Crippen molar-refractivity contribution in [1.82, 2.24) is 15.0 Å². The van der Waals surface area contributed by atoms with Crippen LogP contribution in [0.3, 0.4) is 0 Å². The molecule has 0 atom stereocenters. The van der Waals surface area contributed by atoms with Gasteiger partial charge in [0.2, 0.25) is 10.0 Å². The van der Waals surface area contributed by atoms with E-state index in [9.17, 15) is 18.5 Å². The van der Waals surface area contributed by atoms with Crippen LogP contribution >= 0.6 is 0 Å². The Kier molecular flexibility index (Phi) is 8.79. The molecule has 0 saturated heterocycles. The van der Waals surface area contributed by atoms with Crippen LogP contribution in [0.25, 0.3) is 33.0 Å². The maximum atomic E-state index is 13.3. The number of hydrogen-bond donors (Lipinski definition) is 2. The van der Waals surface area contributed by atoms with Crippen LogP contribution < -0.4 is 10.0 Å². The van der Waals surface area contributed by atoms with Crippen molar-refractivity contribution in [3.63, 3.8) is 0 Å². The van der Waals surface area contributed by atoms with Gasteiger partial charge in [-0.25, -0.2) is 13.1 Å². The topological polar surface area (TPSA) is 114 Å². The second-order valence-electron chi connectivity index (χ2n) is 9.65. The highest BCUT2D eigenvalue weighted by molar-refractivity contribution is 7.89. The van der Waals surface area contributed by atoms with Gasteiger partial charge in [0.25, 0.3) is 5.69 Å². The molecule has 0 fully saturated rings. The highest BCUT2D eigenvalue weighted by atomic mass is 32.2. The molecule has 0 aliphatic rings. The number of nitrogens with zero attached hydrogens (tertiary/aromatic N) is 2. The van der Waals surface area contributed by atoms with Gasteiger partial charge >= 0.3 is 0 Å². The molecule has 0 bridgehead atoms. The van der Waals surface area contributed by atoms with E-state index < -0.39 is 10.0 Å². The van der Waals surface area contributed by atoms with Gasteiger partial charge in [-0.15, -0.1) is 0 Å². The molecule has 0 saturated carbocycles. The van der Waals surface area contributed by atoms with Gasteiger partial charge in [0.05, 0.1) is 9.82 Å². The largest absolute Gasteiger partial charge is 0.315 e. The molecular weight excluding hydrogens is 536 g/mol. The fraction of sp³-hybridized carbons (Fsp3) is 0.156. The van der Waals surface area contributed by atoms with Gasteiger partial charge in [-0.3, -0.25) is 15.1 Å². The number of nitro benzene ring substituents is 1. The first-order valence-corrected chi connectivity index (χ1v) is 14.9. The molecule has 208 valence electrons. The van der Waals surface area contributed by atoms with Gasteiger partial charge in [0.15, 0.2) is 0 Å². The van der Waals surface area contributed by atoms with Crippen LogP contribution in [0.1, 0.15) is 12.0 Å². The molecule has 5 rings (SSSR count). The van der Waals surface area contributed by atoms with E-state index in [0.717, 1.165) is 46.0 Å². The van der Waals surface area contributed by atoms with Gasteiger partial charge in [-0.1, -0.05) is 66.7 Å². The zero-order valence-electron chi connectivity index (χ0n) is 22.4. The average Bonchev–Trinajstić information content (AvgIpc) is 3.00. The molecule has 4 aromatic carbocycles. The lowest BCUT2D eigenvalue weighted by molar-refractivity contribution is -0.384. The highest BCUT2D eigenvalue weighted by Crippen LogP contribution is 2.30. The summed E-state index contributed by atoms with van der Waals surface area (Å²) in [4.78, 5) is 15.3. The van der Waals surface area contributed by atoms with Gasteiger partial charge in [0.1, 0.15) is 0 Å². The summed E-state index contributed by atoms with van der Waals surface area (Å²) in [6.45, 7) is 1.37. The minimum atomic E-state index is -3.77. The van der Waals surface area contributed by atoms with Crippen molar-refractivity contribution < 1.29 is 13.3 Å². The van der Waals surface area contributed by atoms with Crippen molar-refractivity contribution >= 4 is 26.5 Å². The molecule has 0 amide bonds. The molecule has 1 aromatic heterocycles. The van der Waals surface area contributed by atoms with Crippen molar-refractivity contribution in [2.45, 2.75) is 17.7 Å². The van der Waals surface area contributed by atoms with Crippen LogP contribution in [0.2, 0.25) is 0 Å². The third-order valence-electron chi connectivity index (χ3n) is 6.89. The number of hydrogen-bond acceptors (Lipinski definition) is 6. The predicted octanol–water partition coefficient (Wildman–Crippen LogP) is 5.98. The smallest absolute Gasteiger partial charge is 0.270 e. The summed E-state index contributed by atoms with van der Waals surface area (Å²) in [5.74, 6) is 0. The lowest BCUT2D eigenvalue weighted by atomic mass is 9.96. The number of aromatic nitrogens is 1. The molecule has 8 nitrogen and oxygen atoms in total. The van der Waals surface area contributed by atoms with Crippen molar-refractivity contribution in [3.05, 3.63) is 125 Å². The summed E-state index contributed by atoms with van der Waals surface area (Å²) >= 11 is 0. The predicted molar refractivity (Wildman–Crippen MR) is 162 cm³/mol. The van der Waals surface area contributed by atoms with E-state index in [-0.39, 0.29) is 22.1 Å². The lowest BCUT2D eigenvalue weighted by Crippen LogP contribution is -2.32. The van der Waals surface area contributed by atoms with E-state index in [0.29, 0.717) is 18.5 Å². The van der Waals surface area contributed by atoms with E-state index in [4.69, 9.17) is 0 Å². The quantitative estimate of drug-likeness (QED) is 0.109. The number of nitro groups is 1. The van der Waals surface area contributed by atoms with Gasteiger partial charge in [0, 0.05) is 48.4 Å². The van der Waals surface area contributed by atoms with E-state index in [1.807, 2.05) is 72.8 Å². The molecule has 9 heteroatoms. The Labute approximate surface area is 239 Å². The van der Waals surface area contributed by atoms with E-state index in [1.165, 1.54) is 6.07 Å². The summed E-state index contributed by atoms with van der Waals surface area (Å²) in [6.07, 6.45) is 4.80. The van der Waals surface area contributed by atoms with Gasteiger partial charge in [-0.05, 0) is 65.4 Å². The Morgan fingerprint density at radius 2 is 1.51 bits per heavy atom. The fourth-order valence-electron chi connectivity index (χ4n) is 4.86. The van der Waals surface area contributed by atoms with Gasteiger partial charge < -0.3 is 5.32 Å². The second kappa shape index (κ2) is 12.8. The third-order valence-corrected chi connectivity index (χ3v) is 8.40. The average molecular weight is 567 g/mol. The van der Waals surface area contributed by atoms with Crippen molar-refractivity contribution in [1.29, 1.82) is 0 Å². The highest BCUT2D eigenvalue weighted by Gasteiger charge is 2.19. The monoisotopic (exact) mass is 566 g/mol. The molecular formula is C32H30N4O4S. The minimum absolute atomic E-state index is 0.0661. The molecule has 0 radical (unpaired) electrons. The number of nitrogens with one attached hydrogen (secondary N) is 2. The minimum Gasteiger partial charge on any atom is -0.315 e. The molecule has 41 heavy (non-hydrogen) atoms. The number of fused-ring (bicyclic) bond motifs is 1. The van der Waals surface area contributed by atoms with Crippen molar-refractivity contribution in [2.24, 2.45) is 0 Å². The molecule has 0 aliphatic carbocycles. The number of benzene rings is 4. The Bertz CT molecular complexity index is 1760. The molecule has 1 heterocycles. The summed E-state index contributed by atoms with van der Waals surface area (Å²) in [6, 6.07) is 29.7. The third kappa shape index (κ3) is 6.83. The summed E-state index contributed by atoms with van der Waals surface area (Å²) in [5, 5.41) is 16.0. The Morgan fingerprint density at radius 1 is 0.780 bits per heavy atom. The summed E-state index contributed by atoms with van der Waals surface area (Å²) in [5.41, 5.74) is 4.63. The van der Waals surface area contributed by atoms with Crippen molar-refractivity contribution in [2.75, 3.05) is 19.6 Å².